The summed E-state index contributed by atoms with van der Waals surface area (Å²) in [6.45, 7) is 14.5. The van der Waals surface area contributed by atoms with E-state index in [0.29, 0.717) is 12.5 Å². The molecule has 1 aliphatic rings. The van der Waals surface area contributed by atoms with Crippen molar-refractivity contribution < 1.29 is 9.53 Å². The van der Waals surface area contributed by atoms with Gasteiger partial charge in [-0.3, -0.25) is 9.69 Å². The third kappa shape index (κ3) is 7.97. The highest BCUT2D eigenvalue weighted by Crippen LogP contribution is 2.18. The Morgan fingerprint density at radius 3 is 2.18 bits per heavy atom. The summed E-state index contributed by atoms with van der Waals surface area (Å²) >= 11 is 0. The first kappa shape index (κ1) is 24.2. The molecule has 1 amide bonds. The number of carbonyl (C=O) groups excluding carboxylic acids is 1. The summed E-state index contributed by atoms with van der Waals surface area (Å²) in [5, 5.41) is 6.26. The first-order chi connectivity index (χ1) is 9.45. The van der Waals surface area contributed by atoms with Crippen molar-refractivity contribution in [2.45, 2.75) is 52.9 Å². The number of nitrogens with zero attached hydrogens (tertiary/aromatic N) is 1. The Morgan fingerprint density at radius 2 is 1.73 bits per heavy atom. The van der Waals surface area contributed by atoms with Gasteiger partial charge in [0.25, 0.3) is 0 Å². The van der Waals surface area contributed by atoms with Crippen LogP contribution in [0.1, 0.15) is 34.6 Å². The maximum atomic E-state index is 12.4. The van der Waals surface area contributed by atoms with E-state index in [0.717, 1.165) is 26.2 Å². The molecule has 1 fully saturated rings. The van der Waals surface area contributed by atoms with Crippen LogP contribution in [0.5, 0.6) is 0 Å². The van der Waals surface area contributed by atoms with E-state index >= 15 is 0 Å². The molecule has 134 valence electrons. The minimum absolute atomic E-state index is 0. The van der Waals surface area contributed by atoms with Gasteiger partial charge in [0.2, 0.25) is 5.91 Å². The molecule has 7 heteroatoms. The number of nitrogens with one attached hydrogen (secondary N) is 2. The van der Waals surface area contributed by atoms with Crippen LogP contribution >= 0.6 is 24.8 Å². The lowest BCUT2D eigenvalue weighted by molar-refractivity contribution is -0.135. The van der Waals surface area contributed by atoms with Gasteiger partial charge in [-0.1, -0.05) is 20.8 Å². The van der Waals surface area contributed by atoms with Gasteiger partial charge in [0.15, 0.2) is 0 Å². The third-order valence-electron chi connectivity index (χ3n) is 3.59. The topological polar surface area (TPSA) is 53.6 Å². The zero-order valence-corrected chi connectivity index (χ0v) is 16.1. The molecule has 3 unspecified atom stereocenters. The molecule has 0 radical (unpaired) electrons. The fourth-order valence-corrected chi connectivity index (χ4v) is 2.89. The van der Waals surface area contributed by atoms with E-state index < -0.39 is 0 Å². The van der Waals surface area contributed by atoms with Crippen molar-refractivity contribution in [2.24, 2.45) is 5.92 Å². The van der Waals surface area contributed by atoms with Crippen molar-refractivity contribution in [1.29, 1.82) is 0 Å². The summed E-state index contributed by atoms with van der Waals surface area (Å²) in [6, 6.07) is -0.0644. The van der Waals surface area contributed by atoms with Gasteiger partial charge in [0.05, 0.1) is 18.2 Å². The number of hydrogen-bond donors (Lipinski definition) is 2. The van der Waals surface area contributed by atoms with Crippen molar-refractivity contribution in [3.8, 4) is 0 Å². The number of morpholine rings is 1. The molecule has 0 spiro atoms. The van der Waals surface area contributed by atoms with Crippen LogP contribution in [0.25, 0.3) is 0 Å². The molecule has 3 atom stereocenters. The molecule has 1 rings (SSSR count). The number of rotatable bonds is 7. The molecule has 0 aromatic heterocycles. The Balaban J connectivity index is 0. The average Bonchev–Trinajstić information content (AvgIpc) is 2.33. The summed E-state index contributed by atoms with van der Waals surface area (Å²) in [4.78, 5) is 14.7. The second-order valence-corrected chi connectivity index (χ2v) is 6.04. The molecule has 0 bridgehead atoms. The molecule has 1 aliphatic heterocycles. The van der Waals surface area contributed by atoms with Crippen LogP contribution in [0.2, 0.25) is 0 Å². The van der Waals surface area contributed by atoms with Crippen LogP contribution in [0, 0.1) is 5.92 Å². The first-order valence-corrected chi connectivity index (χ1v) is 7.83. The molecule has 0 aromatic rings. The van der Waals surface area contributed by atoms with E-state index in [2.05, 4.69) is 50.2 Å². The van der Waals surface area contributed by atoms with E-state index in [4.69, 9.17) is 4.74 Å². The second kappa shape index (κ2) is 12.4. The average molecular weight is 358 g/mol. The number of carbonyl (C=O) groups is 1. The molecule has 1 saturated heterocycles. The second-order valence-electron chi connectivity index (χ2n) is 6.04. The number of ether oxygens (including phenoxy) is 1. The van der Waals surface area contributed by atoms with Gasteiger partial charge in [0.1, 0.15) is 0 Å². The minimum Gasteiger partial charge on any atom is -0.373 e. The van der Waals surface area contributed by atoms with E-state index in [1.165, 1.54) is 0 Å². The van der Waals surface area contributed by atoms with Crippen LogP contribution in [0.15, 0.2) is 0 Å². The molecule has 5 nitrogen and oxygen atoms in total. The summed E-state index contributed by atoms with van der Waals surface area (Å²) in [5.41, 5.74) is 0. The summed E-state index contributed by atoms with van der Waals surface area (Å²) in [5.74, 6) is 0.436. The molecule has 0 aromatic carbocycles. The Kier molecular flexibility index (Phi) is 13.6. The van der Waals surface area contributed by atoms with E-state index in [1.807, 2.05) is 0 Å². The number of halogens is 2. The highest BCUT2D eigenvalue weighted by atomic mass is 35.5. The number of likely N-dealkylation sites (N-methyl/N-ethyl adjacent to an activating group) is 1. The largest absolute Gasteiger partial charge is 0.373 e. The van der Waals surface area contributed by atoms with E-state index in [9.17, 15) is 4.79 Å². The van der Waals surface area contributed by atoms with Crippen molar-refractivity contribution in [2.75, 3.05) is 32.7 Å². The van der Waals surface area contributed by atoms with Gasteiger partial charge in [-0.2, -0.15) is 0 Å². The summed E-state index contributed by atoms with van der Waals surface area (Å²) in [7, 11) is 0. The van der Waals surface area contributed by atoms with Gasteiger partial charge in [0, 0.05) is 26.2 Å². The van der Waals surface area contributed by atoms with E-state index in [-0.39, 0.29) is 49.0 Å². The Hall–Kier alpha value is -0.0700. The van der Waals surface area contributed by atoms with Crippen LogP contribution in [-0.4, -0.2) is 61.8 Å². The standard InChI is InChI=1S/C15H31N3O2.2ClH/c1-6-16-7-8-17-15(19)14(11(2)3)18-9-12(4)20-13(5)10-18;;/h11-14,16H,6-10H2,1-5H3,(H,17,19);2*1H. The molecule has 2 N–H and O–H groups in total. The lowest BCUT2D eigenvalue weighted by Gasteiger charge is -2.41. The highest BCUT2D eigenvalue weighted by Gasteiger charge is 2.33. The Bertz CT molecular complexity index is 297. The van der Waals surface area contributed by atoms with Crippen LogP contribution in [0.3, 0.4) is 0 Å². The van der Waals surface area contributed by atoms with Gasteiger partial charge >= 0.3 is 0 Å². The van der Waals surface area contributed by atoms with Gasteiger partial charge in [-0.25, -0.2) is 0 Å². The predicted molar refractivity (Wildman–Crippen MR) is 96.3 cm³/mol. The third-order valence-corrected chi connectivity index (χ3v) is 3.59. The minimum atomic E-state index is -0.0644. The smallest absolute Gasteiger partial charge is 0.237 e. The summed E-state index contributed by atoms with van der Waals surface area (Å²) in [6.07, 6.45) is 0.379. The zero-order chi connectivity index (χ0) is 15.1. The maximum Gasteiger partial charge on any atom is 0.237 e. The highest BCUT2D eigenvalue weighted by molar-refractivity contribution is 5.85. The normalized spacial score (nSPS) is 23.4. The molecule has 22 heavy (non-hydrogen) atoms. The quantitative estimate of drug-likeness (QED) is 0.680. The van der Waals surface area contributed by atoms with Gasteiger partial charge < -0.3 is 15.4 Å². The maximum absolute atomic E-state index is 12.4. The lowest BCUT2D eigenvalue weighted by Crippen LogP contribution is -2.57. The zero-order valence-electron chi connectivity index (χ0n) is 14.4. The Morgan fingerprint density at radius 1 is 1.18 bits per heavy atom. The molecule has 1 heterocycles. The van der Waals surface area contributed by atoms with Crippen LogP contribution < -0.4 is 10.6 Å². The molecule has 0 aliphatic carbocycles. The van der Waals surface area contributed by atoms with Crippen molar-refractivity contribution in [1.82, 2.24) is 15.5 Å². The number of amides is 1. The summed E-state index contributed by atoms with van der Waals surface area (Å²) < 4.78 is 5.76. The van der Waals surface area contributed by atoms with Crippen molar-refractivity contribution in [3.63, 3.8) is 0 Å². The van der Waals surface area contributed by atoms with Gasteiger partial charge in [-0.05, 0) is 26.3 Å². The van der Waals surface area contributed by atoms with Crippen LogP contribution in [0.4, 0.5) is 0 Å². The lowest BCUT2D eigenvalue weighted by atomic mass is 9.99. The fraction of sp³-hybridized carbons (Fsp3) is 0.933. The Labute approximate surface area is 147 Å². The molecular weight excluding hydrogens is 325 g/mol. The van der Waals surface area contributed by atoms with E-state index in [1.54, 1.807) is 0 Å². The fourth-order valence-electron chi connectivity index (χ4n) is 2.89. The van der Waals surface area contributed by atoms with Crippen molar-refractivity contribution in [3.05, 3.63) is 0 Å². The first-order valence-electron chi connectivity index (χ1n) is 7.83. The SMILES string of the molecule is CCNCCNC(=O)C(C(C)C)N1CC(C)OC(C)C1.Cl.Cl. The molecule has 0 saturated carbocycles. The van der Waals surface area contributed by atoms with Crippen molar-refractivity contribution >= 4 is 30.7 Å². The van der Waals surface area contributed by atoms with Gasteiger partial charge in [-0.15, -0.1) is 24.8 Å². The predicted octanol–water partition coefficient (Wildman–Crippen LogP) is 1.69. The number of hydrogen-bond acceptors (Lipinski definition) is 4. The monoisotopic (exact) mass is 357 g/mol. The van der Waals surface area contributed by atoms with Crippen LogP contribution in [-0.2, 0) is 9.53 Å². The molecular formula is C15H33Cl2N3O2.